The van der Waals surface area contributed by atoms with Crippen LogP contribution in [0.1, 0.15) is 41.6 Å². The molecule has 0 N–H and O–H groups in total. The molecule has 1 aliphatic carbocycles. The summed E-state index contributed by atoms with van der Waals surface area (Å²) in [5, 5.41) is 0. The van der Waals surface area contributed by atoms with E-state index in [2.05, 4.69) is 0 Å². The highest BCUT2D eigenvalue weighted by molar-refractivity contribution is 6.01. The van der Waals surface area contributed by atoms with Gasteiger partial charge in [0, 0.05) is 24.2 Å². The Morgan fingerprint density at radius 2 is 2.15 bits per heavy atom. The monoisotopic (exact) mass is 276 g/mol. The summed E-state index contributed by atoms with van der Waals surface area (Å²) in [5.41, 5.74) is 1.87. The fourth-order valence-corrected chi connectivity index (χ4v) is 2.77. The molecule has 0 saturated carbocycles. The molecule has 1 aliphatic heterocycles. The lowest BCUT2D eigenvalue weighted by atomic mass is 10.1. The van der Waals surface area contributed by atoms with E-state index in [4.69, 9.17) is 14.2 Å². The molecule has 1 aromatic carbocycles. The second-order valence-electron chi connectivity index (χ2n) is 5.22. The van der Waals surface area contributed by atoms with Gasteiger partial charge in [-0.3, -0.25) is 4.79 Å². The van der Waals surface area contributed by atoms with Crippen molar-refractivity contribution in [2.75, 3.05) is 19.8 Å². The first-order chi connectivity index (χ1) is 9.84. The van der Waals surface area contributed by atoms with Crippen LogP contribution in [0.4, 0.5) is 0 Å². The number of hydrogen-bond acceptors (Lipinski definition) is 4. The highest BCUT2D eigenvalue weighted by atomic mass is 16.7. The predicted octanol–water partition coefficient (Wildman–Crippen LogP) is 2.74. The lowest BCUT2D eigenvalue weighted by molar-refractivity contribution is -0.165. The van der Waals surface area contributed by atoms with Crippen molar-refractivity contribution >= 4 is 5.78 Å². The Morgan fingerprint density at radius 1 is 1.20 bits per heavy atom. The minimum atomic E-state index is -0.0737. The summed E-state index contributed by atoms with van der Waals surface area (Å²) in [5.74, 6) is 1.04. The van der Waals surface area contributed by atoms with Crippen molar-refractivity contribution in [2.24, 2.45) is 0 Å². The van der Waals surface area contributed by atoms with Gasteiger partial charge in [-0.25, -0.2) is 0 Å². The molecule has 20 heavy (non-hydrogen) atoms. The van der Waals surface area contributed by atoms with Crippen LogP contribution in [0.15, 0.2) is 18.2 Å². The maximum atomic E-state index is 11.7. The standard InChI is InChI=1S/C16H20O4/c17-14-8-7-13-12(14)4-3-5-15(13)18-10-11-20-16-6-1-2-9-19-16/h3-5,16H,1-2,6-11H2. The smallest absolute Gasteiger partial charge is 0.163 e. The molecule has 1 unspecified atom stereocenters. The van der Waals surface area contributed by atoms with Crippen molar-refractivity contribution in [3.05, 3.63) is 29.3 Å². The van der Waals surface area contributed by atoms with Crippen molar-refractivity contribution in [1.82, 2.24) is 0 Å². The zero-order valence-corrected chi connectivity index (χ0v) is 11.6. The first kappa shape index (κ1) is 13.6. The summed E-state index contributed by atoms with van der Waals surface area (Å²) in [6, 6.07) is 5.68. The molecule has 1 heterocycles. The van der Waals surface area contributed by atoms with Crippen LogP contribution in [0, 0.1) is 0 Å². The number of rotatable bonds is 5. The molecule has 0 spiro atoms. The molecule has 4 heteroatoms. The first-order valence-corrected chi connectivity index (χ1v) is 7.36. The van der Waals surface area contributed by atoms with E-state index < -0.39 is 0 Å². The SMILES string of the molecule is O=C1CCc2c(OCCOC3CCCCO3)cccc21. The molecule has 3 rings (SSSR count). The molecule has 0 radical (unpaired) electrons. The third-order valence-electron chi connectivity index (χ3n) is 3.82. The van der Waals surface area contributed by atoms with Gasteiger partial charge >= 0.3 is 0 Å². The van der Waals surface area contributed by atoms with Gasteiger partial charge in [0.05, 0.1) is 6.61 Å². The van der Waals surface area contributed by atoms with E-state index in [-0.39, 0.29) is 12.1 Å². The number of benzene rings is 1. The fourth-order valence-electron chi connectivity index (χ4n) is 2.77. The third kappa shape index (κ3) is 3.02. The molecular weight excluding hydrogens is 256 g/mol. The molecule has 0 aromatic heterocycles. The normalized spacial score (nSPS) is 21.8. The maximum absolute atomic E-state index is 11.7. The second kappa shape index (κ2) is 6.37. The number of ether oxygens (including phenoxy) is 3. The number of ketones is 1. The number of Topliss-reactive ketones (excluding diaryl/α,β-unsaturated/α-hetero) is 1. The summed E-state index contributed by atoms with van der Waals surface area (Å²) in [6.45, 7) is 1.80. The Morgan fingerprint density at radius 3 is 3.00 bits per heavy atom. The molecule has 2 aliphatic rings. The summed E-state index contributed by atoms with van der Waals surface area (Å²) in [6.07, 6.45) is 4.57. The summed E-state index contributed by atoms with van der Waals surface area (Å²) < 4.78 is 16.9. The summed E-state index contributed by atoms with van der Waals surface area (Å²) in [4.78, 5) is 11.7. The van der Waals surface area contributed by atoms with Crippen molar-refractivity contribution in [3.63, 3.8) is 0 Å². The van der Waals surface area contributed by atoms with E-state index in [1.165, 1.54) is 6.42 Å². The van der Waals surface area contributed by atoms with Crippen LogP contribution < -0.4 is 4.74 Å². The Balaban J connectivity index is 1.48. The second-order valence-corrected chi connectivity index (χ2v) is 5.22. The Labute approximate surface area is 119 Å². The van der Waals surface area contributed by atoms with E-state index in [0.29, 0.717) is 19.6 Å². The number of hydrogen-bond donors (Lipinski definition) is 0. The Bertz CT molecular complexity index is 477. The van der Waals surface area contributed by atoms with Crippen LogP contribution in [0.5, 0.6) is 5.75 Å². The minimum Gasteiger partial charge on any atom is -0.491 e. The van der Waals surface area contributed by atoms with Gasteiger partial charge in [0.1, 0.15) is 12.4 Å². The number of carbonyl (C=O) groups excluding carboxylic acids is 1. The van der Waals surface area contributed by atoms with Gasteiger partial charge < -0.3 is 14.2 Å². The molecule has 1 fully saturated rings. The first-order valence-electron chi connectivity index (χ1n) is 7.36. The number of carbonyl (C=O) groups is 1. The van der Waals surface area contributed by atoms with E-state index in [1.54, 1.807) is 0 Å². The molecule has 4 nitrogen and oxygen atoms in total. The van der Waals surface area contributed by atoms with Crippen LogP contribution in [0.2, 0.25) is 0 Å². The van der Waals surface area contributed by atoms with Gasteiger partial charge in [-0.15, -0.1) is 0 Å². The van der Waals surface area contributed by atoms with Crippen LogP contribution >= 0.6 is 0 Å². The van der Waals surface area contributed by atoms with Crippen LogP contribution in [0.3, 0.4) is 0 Å². The number of fused-ring (bicyclic) bond motifs is 1. The molecule has 0 amide bonds. The van der Waals surface area contributed by atoms with Crippen molar-refractivity contribution in [3.8, 4) is 5.75 Å². The van der Waals surface area contributed by atoms with Crippen LogP contribution in [0.25, 0.3) is 0 Å². The molecule has 1 aromatic rings. The molecule has 0 bridgehead atoms. The molecule has 1 atom stereocenters. The van der Waals surface area contributed by atoms with E-state index in [0.717, 1.165) is 42.7 Å². The van der Waals surface area contributed by atoms with Crippen molar-refractivity contribution in [1.29, 1.82) is 0 Å². The minimum absolute atomic E-state index is 0.0737. The van der Waals surface area contributed by atoms with Crippen LogP contribution in [-0.2, 0) is 15.9 Å². The van der Waals surface area contributed by atoms with Gasteiger partial charge in [0.25, 0.3) is 0 Å². The van der Waals surface area contributed by atoms with Crippen molar-refractivity contribution in [2.45, 2.75) is 38.4 Å². The van der Waals surface area contributed by atoms with Gasteiger partial charge in [0.15, 0.2) is 12.1 Å². The van der Waals surface area contributed by atoms with Gasteiger partial charge in [-0.05, 0) is 31.7 Å². The predicted molar refractivity (Wildman–Crippen MR) is 74.1 cm³/mol. The quantitative estimate of drug-likeness (QED) is 0.776. The molecular formula is C16H20O4. The summed E-state index contributed by atoms with van der Waals surface area (Å²) in [7, 11) is 0. The zero-order valence-electron chi connectivity index (χ0n) is 11.6. The third-order valence-corrected chi connectivity index (χ3v) is 3.82. The van der Waals surface area contributed by atoms with E-state index in [9.17, 15) is 4.79 Å². The fraction of sp³-hybridized carbons (Fsp3) is 0.562. The average molecular weight is 276 g/mol. The maximum Gasteiger partial charge on any atom is 0.163 e. The largest absolute Gasteiger partial charge is 0.491 e. The zero-order chi connectivity index (χ0) is 13.8. The average Bonchev–Trinajstić information content (AvgIpc) is 2.87. The highest BCUT2D eigenvalue weighted by Gasteiger charge is 2.22. The Hall–Kier alpha value is -1.39. The van der Waals surface area contributed by atoms with Gasteiger partial charge in [-0.2, -0.15) is 0 Å². The van der Waals surface area contributed by atoms with Crippen molar-refractivity contribution < 1.29 is 19.0 Å². The topological polar surface area (TPSA) is 44.8 Å². The van der Waals surface area contributed by atoms with E-state index >= 15 is 0 Å². The van der Waals surface area contributed by atoms with E-state index in [1.807, 2.05) is 18.2 Å². The summed E-state index contributed by atoms with van der Waals surface area (Å²) >= 11 is 0. The molecule has 1 saturated heterocycles. The van der Waals surface area contributed by atoms with Gasteiger partial charge in [-0.1, -0.05) is 12.1 Å². The highest BCUT2D eigenvalue weighted by Crippen LogP contribution is 2.30. The van der Waals surface area contributed by atoms with Gasteiger partial charge in [0.2, 0.25) is 0 Å². The molecule has 108 valence electrons. The lowest BCUT2D eigenvalue weighted by Gasteiger charge is -2.22. The lowest BCUT2D eigenvalue weighted by Crippen LogP contribution is -2.24. The Kier molecular flexibility index (Phi) is 4.33. The van der Waals surface area contributed by atoms with Crippen LogP contribution in [-0.4, -0.2) is 31.9 Å².